The van der Waals surface area contributed by atoms with Crippen molar-refractivity contribution >= 4 is 34.8 Å². The van der Waals surface area contributed by atoms with Crippen molar-refractivity contribution < 1.29 is 0 Å². The highest BCUT2D eigenvalue weighted by molar-refractivity contribution is 6.37. The summed E-state index contributed by atoms with van der Waals surface area (Å²) in [5.41, 5.74) is 6.22. The van der Waals surface area contributed by atoms with Gasteiger partial charge in [0.05, 0.1) is 21.4 Å². The van der Waals surface area contributed by atoms with Gasteiger partial charge in [-0.1, -0.05) is 29.3 Å². The maximum atomic E-state index is 12.4. The Morgan fingerprint density at radius 1 is 1.00 bits per heavy atom. The van der Waals surface area contributed by atoms with Gasteiger partial charge in [0.1, 0.15) is 5.82 Å². The summed E-state index contributed by atoms with van der Waals surface area (Å²) in [6, 6.07) is 8.50. The SMILES string of the molecule is Cc1nc(NNc2ccncc2)nc(=O)n1-c1c(Cl)cccc1Cl. The largest absolute Gasteiger partial charge is 0.357 e. The number of anilines is 2. The van der Waals surface area contributed by atoms with Gasteiger partial charge in [-0.05, 0) is 31.2 Å². The average Bonchev–Trinajstić information content (AvgIpc) is 2.56. The summed E-state index contributed by atoms with van der Waals surface area (Å²) in [6.07, 6.45) is 3.26. The van der Waals surface area contributed by atoms with Crippen molar-refractivity contribution in [2.24, 2.45) is 0 Å². The van der Waals surface area contributed by atoms with Crippen molar-refractivity contribution in [2.75, 3.05) is 10.9 Å². The molecule has 2 aromatic heterocycles. The van der Waals surface area contributed by atoms with Crippen molar-refractivity contribution in [3.63, 3.8) is 0 Å². The van der Waals surface area contributed by atoms with Gasteiger partial charge in [-0.2, -0.15) is 9.97 Å². The normalized spacial score (nSPS) is 10.5. The molecule has 24 heavy (non-hydrogen) atoms. The summed E-state index contributed by atoms with van der Waals surface area (Å²) < 4.78 is 1.27. The first-order valence-corrected chi connectivity index (χ1v) is 7.66. The zero-order chi connectivity index (χ0) is 17.1. The first-order chi connectivity index (χ1) is 11.6. The van der Waals surface area contributed by atoms with Crippen LogP contribution >= 0.6 is 23.2 Å². The molecule has 0 saturated heterocycles. The van der Waals surface area contributed by atoms with Crippen molar-refractivity contribution in [3.8, 4) is 5.69 Å². The topological polar surface area (TPSA) is 84.7 Å². The third-order valence-corrected chi connectivity index (χ3v) is 3.75. The second-order valence-electron chi connectivity index (χ2n) is 4.77. The number of para-hydroxylation sites is 1. The molecule has 2 heterocycles. The molecule has 0 aliphatic carbocycles. The fourth-order valence-electron chi connectivity index (χ4n) is 2.09. The molecule has 0 fully saturated rings. The number of aryl methyl sites for hydroxylation is 1. The third-order valence-electron chi connectivity index (χ3n) is 3.14. The zero-order valence-electron chi connectivity index (χ0n) is 12.5. The number of nitrogens with zero attached hydrogens (tertiary/aromatic N) is 4. The van der Waals surface area contributed by atoms with Crippen LogP contribution in [0, 0.1) is 6.92 Å². The molecule has 0 aliphatic heterocycles. The van der Waals surface area contributed by atoms with Crippen molar-refractivity contribution in [2.45, 2.75) is 6.92 Å². The molecule has 3 rings (SSSR count). The molecule has 3 aromatic rings. The van der Waals surface area contributed by atoms with E-state index in [1.165, 1.54) is 4.57 Å². The Morgan fingerprint density at radius 2 is 1.67 bits per heavy atom. The predicted octanol–water partition coefficient (Wildman–Crippen LogP) is 3.08. The number of hydrogen-bond donors (Lipinski definition) is 2. The van der Waals surface area contributed by atoms with Gasteiger partial charge in [-0.15, -0.1) is 0 Å². The fraction of sp³-hybridized carbons (Fsp3) is 0.0667. The predicted molar refractivity (Wildman–Crippen MR) is 93.9 cm³/mol. The summed E-state index contributed by atoms with van der Waals surface area (Å²) in [6.45, 7) is 1.67. The van der Waals surface area contributed by atoms with Gasteiger partial charge in [0.2, 0.25) is 5.95 Å². The highest BCUT2D eigenvalue weighted by Crippen LogP contribution is 2.27. The van der Waals surface area contributed by atoms with Crippen LogP contribution in [-0.4, -0.2) is 19.5 Å². The molecule has 122 valence electrons. The van der Waals surface area contributed by atoms with Gasteiger partial charge in [0.25, 0.3) is 0 Å². The summed E-state index contributed by atoms with van der Waals surface area (Å²) in [7, 11) is 0. The number of pyridine rings is 1. The number of halogens is 2. The Kier molecular flexibility index (Phi) is 4.64. The zero-order valence-corrected chi connectivity index (χ0v) is 14.0. The molecule has 0 aliphatic rings. The number of aromatic nitrogens is 4. The Labute approximate surface area is 147 Å². The minimum Gasteiger partial charge on any atom is -0.298 e. The molecule has 7 nitrogen and oxygen atoms in total. The van der Waals surface area contributed by atoms with Crippen LogP contribution in [0.4, 0.5) is 11.6 Å². The molecule has 0 bridgehead atoms. The first-order valence-electron chi connectivity index (χ1n) is 6.90. The Morgan fingerprint density at radius 3 is 2.29 bits per heavy atom. The van der Waals surface area contributed by atoms with E-state index in [1.807, 2.05) is 0 Å². The lowest BCUT2D eigenvalue weighted by Crippen LogP contribution is -2.28. The van der Waals surface area contributed by atoms with Crippen LogP contribution in [0.15, 0.2) is 47.5 Å². The quantitative estimate of drug-likeness (QED) is 0.693. The molecule has 1 aromatic carbocycles. The summed E-state index contributed by atoms with van der Waals surface area (Å²) >= 11 is 12.3. The number of hydrazine groups is 1. The van der Waals surface area contributed by atoms with E-state index in [4.69, 9.17) is 23.2 Å². The van der Waals surface area contributed by atoms with Crippen LogP contribution < -0.4 is 16.5 Å². The van der Waals surface area contributed by atoms with Gasteiger partial charge in [-0.3, -0.25) is 15.8 Å². The van der Waals surface area contributed by atoms with E-state index < -0.39 is 5.69 Å². The molecule has 9 heteroatoms. The lowest BCUT2D eigenvalue weighted by Gasteiger charge is -2.13. The maximum Gasteiger partial charge on any atom is 0.357 e. The van der Waals surface area contributed by atoms with Crippen LogP contribution in [0.1, 0.15) is 5.82 Å². The number of rotatable bonds is 4. The molecule has 0 unspecified atom stereocenters. The molecule has 0 saturated carbocycles. The highest BCUT2D eigenvalue weighted by atomic mass is 35.5. The summed E-state index contributed by atoms with van der Waals surface area (Å²) in [4.78, 5) is 24.5. The first kappa shape index (κ1) is 16.2. The molecule has 0 radical (unpaired) electrons. The van der Waals surface area contributed by atoms with Gasteiger partial charge in [0, 0.05) is 12.4 Å². The maximum absolute atomic E-state index is 12.4. The van der Waals surface area contributed by atoms with E-state index in [-0.39, 0.29) is 5.95 Å². The Bertz CT molecular complexity index is 909. The number of benzene rings is 1. The molecule has 0 atom stereocenters. The van der Waals surface area contributed by atoms with Crippen molar-refractivity contribution in [1.82, 2.24) is 19.5 Å². The monoisotopic (exact) mass is 362 g/mol. The third kappa shape index (κ3) is 3.32. The number of hydrogen-bond acceptors (Lipinski definition) is 6. The van der Waals surface area contributed by atoms with E-state index in [0.717, 1.165) is 5.69 Å². The van der Waals surface area contributed by atoms with E-state index in [0.29, 0.717) is 21.6 Å². The van der Waals surface area contributed by atoms with Crippen LogP contribution in [0.3, 0.4) is 0 Å². The molecular formula is C15H12Cl2N6O. The minimum absolute atomic E-state index is 0.133. The lowest BCUT2D eigenvalue weighted by atomic mass is 10.3. The molecular weight excluding hydrogens is 351 g/mol. The second kappa shape index (κ2) is 6.86. The van der Waals surface area contributed by atoms with Gasteiger partial charge in [-0.25, -0.2) is 9.36 Å². The Hall–Kier alpha value is -2.64. The second-order valence-corrected chi connectivity index (χ2v) is 5.58. The smallest absolute Gasteiger partial charge is 0.298 e. The minimum atomic E-state index is -0.545. The molecule has 0 amide bonds. The molecule has 2 N–H and O–H groups in total. The van der Waals surface area contributed by atoms with Crippen LogP contribution in [0.2, 0.25) is 10.0 Å². The summed E-state index contributed by atoms with van der Waals surface area (Å²) in [5, 5.41) is 0.679. The summed E-state index contributed by atoms with van der Waals surface area (Å²) in [5.74, 6) is 0.526. The molecule has 0 spiro atoms. The van der Waals surface area contributed by atoms with E-state index >= 15 is 0 Å². The Balaban J connectivity index is 1.94. The van der Waals surface area contributed by atoms with Gasteiger partial charge < -0.3 is 0 Å². The van der Waals surface area contributed by atoms with Crippen LogP contribution in [0.5, 0.6) is 0 Å². The van der Waals surface area contributed by atoms with Gasteiger partial charge in [0.15, 0.2) is 0 Å². The lowest BCUT2D eigenvalue weighted by molar-refractivity contribution is 0.813. The fourth-order valence-corrected chi connectivity index (χ4v) is 2.65. The average molecular weight is 363 g/mol. The highest BCUT2D eigenvalue weighted by Gasteiger charge is 2.14. The van der Waals surface area contributed by atoms with Gasteiger partial charge >= 0.3 is 5.69 Å². The van der Waals surface area contributed by atoms with E-state index in [2.05, 4.69) is 25.8 Å². The van der Waals surface area contributed by atoms with Crippen molar-refractivity contribution in [3.05, 3.63) is 69.1 Å². The van der Waals surface area contributed by atoms with E-state index in [9.17, 15) is 4.79 Å². The van der Waals surface area contributed by atoms with Crippen molar-refractivity contribution in [1.29, 1.82) is 0 Å². The number of nitrogens with one attached hydrogen (secondary N) is 2. The van der Waals surface area contributed by atoms with Crippen LogP contribution in [0.25, 0.3) is 5.69 Å². The van der Waals surface area contributed by atoms with E-state index in [1.54, 1.807) is 49.6 Å². The van der Waals surface area contributed by atoms with Crippen LogP contribution in [-0.2, 0) is 0 Å². The standard InChI is InChI=1S/C15H12Cl2N6O/c1-9-19-14(22-21-10-5-7-18-8-6-10)20-15(24)23(9)13-11(16)3-2-4-12(13)17/h2-8H,1H3,(H,18,21)(H,20,22,24).